The maximum absolute atomic E-state index is 12.8. The van der Waals surface area contributed by atoms with Gasteiger partial charge in [0.2, 0.25) is 5.95 Å². The zero-order chi connectivity index (χ0) is 20.4. The molecule has 1 atom stereocenters. The van der Waals surface area contributed by atoms with E-state index in [0.717, 1.165) is 22.7 Å². The van der Waals surface area contributed by atoms with Gasteiger partial charge >= 0.3 is 0 Å². The Morgan fingerprint density at radius 3 is 2.45 bits per heavy atom. The fourth-order valence-corrected chi connectivity index (χ4v) is 3.81. The molecule has 0 saturated carbocycles. The van der Waals surface area contributed by atoms with Gasteiger partial charge in [-0.25, -0.2) is 9.97 Å². The van der Waals surface area contributed by atoms with E-state index < -0.39 is 0 Å². The van der Waals surface area contributed by atoms with Crippen LogP contribution in [0.1, 0.15) is 39.6 Å². The summed E-state index contributed by atoms with van der Waals surface area (Å²) in [5.41, 5.74) is 4.03. The number of anilines is 2. The van der Waals surface area contributed by atoms with Crippen molar-refractivity contribution in [3.8, 4) is 11.5 Å². The van der Waals surface area contributed by atoms with E-state index in [2.05, 4.69) is 15.3 Å². The van der Waals surface area contributed by atoms with E-state index in [9.17, 15) is 4.79 Å². The number of methoxy groups -OCH3 is 2. The molecule has 148 valence electrons. The number of nitrogens with zero attached hydrogens (tertiary/aromatic N) is 2. The number of aryl methyl sites for hydroxylation is 1. The molecule has 6 nitrogen and oxygen atoms in total. The van der Waals surface area contributed by atoms with Crippen LogP contribution < -0.4 is 14.8 Å². The van der Waals surface area contributed by atoms with Gasteiger partial charge in [0.15, 0.2) is 5.78 Å². The molecule has 1 aliphatic carbocycles. The number of hydrogen-bond donors (Lipinski definition) is 1. The van der Waals surface area contributed by atoms with E-state index in [4.69, 9.17) is 9.47 Å². The van der Waals surface area contributed by atoms with E-state index >= 15 is 0 Å². The lowest BCUT2D eigenvalue weighted by atomic mass is 9.81. The first kappa shape index (κ1) is 18.9. The molecule has 3 aromatic rings. The quantitative estimate of drug-likeness (QED) is 0.695. The van der Waals surface area contributed by atoms with Crippen molar-refractivity contribution < 1.29 is 14.3 Å². The predicted molar refractivity (Wildman–Crippen MR) is 111 cm³/mol. The van der Waals surface area contributed by atoms with Gasteiger partial charge in [-0.3, -0.25) is 4.79 Å². The average molecular weight is 389 g/mol. The maximum Gasteiger partial charge on any atom is 0.227 e. The van der Waals surface area contributed by atoms with Gasteiger partial charge in [-0.15, -0.1) is 0 Å². The van der Waals surface area contributed by atoms with Gasteiger partial charge in [-0.05, 0) is 49.1 Å². The standard InChI is InChI=1S/C23H23N3O3/c1-14-22-19(26-23(24-14)25-18-6-4-5-7-21(18)29-3)12-16(13-20(22)27)15-8-10-17(28-2)11-9-15/h4-11,16H,12-13H2,1-3H3,(H,24,25,26)/t16-/m0/s1. The highest BCUT2D eigenvalue weighted by atomic mass is 16.5. The molecular formula is C23H23N3O3. The highest BCUT2D eigenvalue weighted by Gasteiger charge is 2.30. The molecule has 1 N–H and O–H groups in total. The van der Waals surface area contributed by atoms with Crippen molar-refractivity contribution in [2.24, 2.45) is 0 Å². The second kappa shape index (κ2) is 7.91. The lowest BCUT2D eigenvalue weighted by Gasteiger charge is -2.25. The summed E-state index contributed by atoms with van der Waals surface area (Å²) in [5.74, 6) is 2.16. The topological polar surface area (TPSA) is 73.3 Å². The van der Waals surface area contributed by atoms with E-state index in [1.807, 2.05) is 55.5 Å². The number of rotatable bonds is 5. The van der Waals surface area contributed by atoms with Crippen molar-refractivity contribution in [3.63, 3.8) is 0 Å². The maximum atomic E-state index is 12.8. The minimum Gasteiger partial charge on any atom is -0.497 e. The Hall–Kier alpha value is -3.41. The van der Waals surface area contributed by atoms with E-state index in [1.165, 1.54) is 0 Å². The van der Waals surface area contributed by atoms with E-state index in [-0.39, 0.29) is 11.7 Å². The number of nitrogens with one attached hydrogen (secondary N) is 1. The molecule has 0 unspecified atom stereocenters. The summed E-state index contributed by atoms with van der Waals surface area (Å²) in [6.45, 7) is 1.86. The summed E-state index contributed by atoms with van der Waals surface area (Å²) in [5, 5.41) is 3.22. The van der Waals surface area contributed by atoms with Crippen molar-refractivity contribution in [1.29, 1.82) is 0 Å². The van der Waals surface area contributed by atoms with Gasteiger partial charge in [-0.1, -0.05) is 24.3 Å². The molecule has 0 aliphatic heterocycles. The Bertz CT molecular complexity index is 1050. The number of carbonyl (C=O) groups is 1. The number of carbonyl (C=O) groups excluding carboxylic acids is 1. The smallest absolute Gasteiger partial charge is 0.227 e. The number of ether oxygens (including phenoxy) is 2. The number of hydrogen-bond acceptors (Lipinski definition) is 6. The molecule has 0 spiro atoms. The minimum atomic E-state index is 0.0911. The van der Waals surface area contributed by atoms with Gasteiger partial charge in [0.25, 0.3) is 0 Å². The van der Waals surface area contributed by atoms with Crippen molar-refractivity contribution in [2.75, 3.05) is 19.5 Å². The third-order valence-corrected chi connectivity index (χ3v) is 5.26. The predicted octanol–water partition coefficient (Wildman–Crippen LogP) is 4.46. The third kappa shape index (κ3) is 3.78. The van der Waals surface area contributed by atoms with Crippen molar-refractivity contribution in [2.45, 2.75) is 25.7 Å². The van der Waals surface area contributed by atoms with Gasteiger partial charge in [0, 0.05) is 6.42 Å². The van der Waals surface area contributed by atoms with Crippen LogP contribution in [0.15, 0.2) is 48.5 Å². The lowest BCUT2D eigenvalue weighted by molar-refractivity contribution is 0.0962. The average Bonchev–Trinajstić information content (AvgIpc) is 2.73. The largest absolute Gasteiger partial charge is 0.497 e. The first-order valence-electron chi connectivity index (χ1n) is 9.53. The lowest BCUT2D eigenvalue weighted by Crippen LogP contribution is -2.22. The number of fused-ring (bicyclic) bond motifs is 1. The second-order valence-electron chi connectivity index (χ2n) is 7.08. The molecule has 0 saturated heterocycles. The zero-order valence-corrected chi connectivity index (χ0v) is 16.7. The van der Waals surface area contributed by atoms with Crippen LogP contribution in [-0.4, -0.2) is 30.0 Å². The summed E-state index contributed by atoms with van der Waals surface area (Å²) in [4.78, 5) is 22.0. The highest BCUT2D eigenvalue weighted by Crippen LogP contribution is 2.34. The first-order chi connectivity index (χ1) is 14.1. The molecule has 1 heterocycles. The SMILES string of the molecule is COc1ccc([C@@H]2CC(=O)c3c(C)nc(Nc4ccccc4OC)nc3C2)cc1. The van der Waals surface area contributed by atoms with Crippen LogP contribution in [0.3, 0.4) is 0 Å². The highest BCUT2D eigenvalue weighted by molar-refractivity contribution is 5.99. The summed E-state index contributed by atoms with van der Waals surface area (Å²) in [6, 6.07) is 15.5. The normalized spacial score (nSPS) is 15.6. The van der Waals surface area contributed by atoms with Crippen LogP contribution in [0.4, 0.5) is 11.6 Å². The number of ketones is 1. The van der Waals surface area contributed by atoms with E-state index in [1.54, 1.807) is 14.2 Å². The number of para-hydroxylation sites is 2. The van der Waals surface area contributed by atoms with Crippen molar-refractivity contribution >= 4 is 17.4 Å². The molecule has 0 amide bonds. The summed E-state index contributed by atoms with van der Waals surface area (Å²) in [6.07, 6.45) is 1.15. The van der Waals surface area contributed by atoms with Crippen LogP contribution in [0.25, 0.3) is 0 Å². The molecule has 0 radical (unpaired) electrons. The number of Topliss-reactive ketones (excluding diaryl/α,β-unsaturated/α-hetero) is 1. The van der Waals surface area contributed by atoms with Crippen molar-refractivity contribution in [3.05, 3.63) is 71.0 Å². The van der Waals surface area contributed by atoms with Crippen LogP contribution in [0.2, 0.25) is 0 Å². The van der Waals surface area contributed by atoms with Gasteiger partial charge in [-0.2, -0.15) is 0 Å². The number of aromatic nitrogens is 2. The Labute approximate surface area is 169 Å². The molecule has 4 rings (SSSR count). The van der Waals surface area contributed by atoms with Gasteiger partial charge in [0.1, 0.15) is 11.5 Å². The Kier molecular flexibility index (Phi) is 5.16. The van der Waals surface area contributed by atoms with Crippen LogP contribution >= 0.6 is 0 Å². The summed E-state index contributed by atoms with van der Waals surface area (Å²) < 4.78 is 10.6. The minimum absolute atomic E-state index is 0.0911. The zero-order valence-electron chi connectivity index (χ0n) is 16.7. The molecule has 6 heteroatoms. The Balaban J connectivity index is 1.65. The molecule has 2 aromatic carbocycles. The molecule has 1 aromatic heterocycles. The third-order valence-electron chi connectivity index (χ3n) is 5.26. The van der Waals surface area contributed by atoms with E-state index in [0.29, 0.717) is 35.8 Å². The molecule has 0 bridgehead atoms. The molecule has 1 aliphatic rings. The van der Waals surface area contributed by atoms with Gasteiger partial charge < -0.3 is 14.8 Å². The molecule has 0 fully saturated rings. The fourth-order valence-electron chi connectivity index (χ4n) is 3.81. The number of benzene rings is 2. The van der Waals surface area contributed by atoms with Gasteiger partial charge in [0.05, 0.1) is 36.9 Å². The Morgan fingerprint density at radius 2 is 1.72 bits per heavy atom. The fraction of sp³-hybridized carbons (Fsp3) is 0.261. The van der Waals surface area contributed by atoms with Crippen LogP contribution in [-0.2, 0) is 6.42 Å². The van der Waals surface area contributed by atoms with Crippen LogP contribution in [0.5, 0.6) is 11.5 Å². The molecular weight excluding hydrogens is 366 g/mol. The first-order valence-corrected chi connectivity index (χ1v) is 9.53. The van der Waals surface area contributed by atoms with Crippen LogP contribution in [0, 0.1) is 6.92 Å². The summed E-state index contributed by atoms with van der Waals surface area (Å²) in [7, 11) is 3.27. The Morgan fingerprint density at radius 1 is 0.966 bits per heavy atom. The summed E-state index contributed by atoms with van der Waals surface area (Å²) >= 11 is 0. The van der Waals surface area contributed by atoms with Crippen molar-refractivity contribution in [1.82, 2.24) is 9.97 Å². The monoisotopic (exact) mass is 389 g/mol. The molecule has 29 heavy (non-hydrogen) atoms. The second-order valence-corrected chi connectivity index (χ2v) is 7.08.